The maximum atomic E-state index is 4.47. The average molecular weight is 190 g/mol. The fourth-order valence-electron chi connectivity index (χ4n) is 0.799. The number of hydrogen-bond donors (Lipinski definition) is 1. The number of H-pyrrole nitrogens is 1. The smallest absolute Gasteiger partial charge is 0.203 e. The lowest BCUT2D eigenvalue weighted by atomic mass is 10.6. The van der Waals surface area contributed by atoms with Crippen LogP contribution in [0.25, 0.3) is 11.2 Å². The summed E-state index contributed by atoms with van der Waals surface area (Å²) in [5, 5.41) is 10.6. The SMILES string of the molecule is c1cocn1.c1nc2nnncc2[nH]1. The molecule has 0 aliphatic heterocycles. The summed E-state index contributed by atoms with van der Waals surface area (Å²) in [6.45, 7) is 0. The van der Waals surface area contributed by atoms with Crippen molar-refractivity contribution in [1.82, 2.24) is 30.4 Å². The molecular formula is C7H6N6O. The summed E-state index contributed by atoms with van der Waals surface area (Å²) in [5.74, 6) is 0. The summed E-state index contributed by atoms with van der Waals surface area (Å²) < 4.78 is 4.47. The summed E-state index contributed by atoms with van der Waals surface area (Å²) in [7, 11) is 0. The second-order valence-corrected chi connectivity index (χ2v) is 2.25. The number of fused-ring (bicyclic) bond motifs is 1. The van der Waals surface area contributed by atoms with E-state index >= 15 is 0 Å². The van der Waals surface area contributed by atoms with Crippen LogP contribution >= 0.6 is 0 Å². The van der Waals surface area contributed by atoms with Crippen LogP contribution in [0.4, 0.5) is 0 Å². The first-order valence-corrected chi connectivity index (χ1v) is 3.76. The van der Waals surface area contributed by atoms with Gasteiger partial charge in [-0.3, -0.25) is 0 Å². The Morgan fingerprint density at radius 3 is 3.00 bits per heavy atom. The number of oxazole rings is 1. The number of aromatic amines is 1. The van der Waals surface area contributed by atoms with E-state index in [2.05, 4.69) is 34.8 Å². The summed E-state index contributed by atoms with van der Waals surface area (Å²) in [4.78, 5) is 10.2. The Balaban J connectivity index is 0.000000128. The van der Waals surface area contributed by atoms with Gasteiger partial charge < -0.3 is 9.40 Å². The lowest BCUT2D eigenvalue weighted by molar-refractivity contribution is 0.558. The maximum Gasteiger partial charge on any atom is 0.203 e. The van der Waals surface area contributed by atoms with E-state index in [1.807, 2.05) is 0 Å². The van der Waals surface area contributed by atoms with E-state index < -0.39 is 0 Å². The van der Waals surface area contributed by atoms with Crippen LogP contribution in [0.15, 0.2) is 35.8 Å². The van der Waals surface area contributed by atoms with Crippen LogP contribution in [-0.4, -0.2) is 30.4 Å². The minimum atomic E-state index is 0.602. The van der Waals surface area contributed by atoms with Gasteiger partial charge in [-0.05, 0) is 5.21 Å². The molecule has 7 heteroatoms. The topological polar surface area (TPSA) is 93.4 Å². The van der Waals surface area contributed by atoms with Gasteiger partial charge in [0.2, 0.25) is 5.65 Å². The molecule has 0 unspecified atom stereocenters. The normalized spacial score (nSPS) is 9.43. The fraction of sp³-hybridized carbons (Fsp3) is 0. The monoisotopic (exact) mass is 190 g/mol. The number of rotatable bonds is 0. The van der Waals surface area contributed by atoms with Crippen molar-refractivity contribution in [2.75, 3.05) is 0 Å². The zero-order chi connectivity index (χ0) is 9.64. The zero-order valence-corrected chi connectivity index (χ0v) is 7.03. The van der Waals surface area contributed by atoms with Crippen molar-refractivity contribution >= 4 is 11.2 Å². The van der Waals surface area contributed by atoms with Crippen LogP contribution in [0.3, 0.4) is 0 Å². The van der Waals surface area contributed by atoms with Crippen LogP contribution < -0.4 is 0 Å². The highest BCUT2D eigenvalue weighted by atomic mass is 16.3. The van der Waals surface area contributed by atoms with Crippen LogP contribution in [-0.2, 0) is 0 Å². The molecule has 0 saturated carbocycles. The molecule has 3 aromatic rings. The van der Waals surface area contributed by atoms with Gasteiger partial charge in [0.1, 0.15) is 11.8 Å². The molecular weight excluding hydrogens is 184 g/mol. The minimum Gasteiger partial charge on any atom is -0.452 e. The van der Waals surface area contributed by atoms with Gasteiger partial charge in [-0.25, -0.2) is 9.97 Å². The number of imidazole rings is 1. The van der Waals surface area contributed by atoms with Crippen LogP contribution in [0.5, 0.6) is 0 Å². The highest BCUT2D eigenvalue weighted by molar-refractivity contribution is 5.66. The first-order valence-electron chi connectivity index (χ1n) is 3.76. The second kappa shape index (κ2) is 4.08. The van der Waals surface area contributed by atoms with Crippen LogP contribution in [0.2, 0.25) is 0 Å². The van der Waals surface area contributed by atoms with Gasteiger partial charge >= 0.3 is 0 Å². The highest BCUT2D eigenvalue weighted by Crippen LogP contribution is 1.97. The molecule has 70 valence electrons. The molecule has 0 aliphatic rings. The largest absolute Gasteiger partial charge is 0.452 e. The summed E-state index contributed by atoms with van der Waals surface area (Å²) in [5.41, 5.74) is 1.41. The van der Waals surface area contributed by atoms with Gasteiger partial charge in [-0.2, -0.15) is 0 Å². The Bertz CT molecular complexity index is 428. The third-order valence-electron chi connectivity index (χ3n) is 1.37. The fourth-order valence-corrected chi connectivity index (χ4v) is 0.799. The predicted molar refractivity (Wildman–Crippen MR) is 46.0 cm³/mol. The summed E-state index contributed by atoms with van der Waals surface area (Å²) >= 11 is 0. The van der Waals surface area contributed by atoms with Crippen molar-refractivity contribution in [1.29, 1.82) is 0 Å². The molecule has 0 amide bonds. The van der Waals surface area contributed by atoms with Gasteiger partial charge in [0.05, 0.1) is 18.7 Å². The molecule has 0 bridgehead atoms. The van der Waals surface area contributed by atoms with Gasteiger partial charge in [0, 0.05) is 0 Å². The number of aromatic nitrogens is 6. The molecule has 3 aromatic heterocycles. The van der Waals surface area contributed by atoms with E-state index in [9.17, 15) is 0 Å². The van der Waals surface area contributed by atoms with Crippen LogP contribution in [0, 0.1) is 0 Å². The summed E-state index contributed by atoms with van der Waals surface area (Å²) in [6, 6.07) is 0. The minimum absolute atomic E-state index is 0.602. The van der Waals surface area contributed by atoms with Crippen molar-refractivity contribution in [3.05, 3.63) is 31.4 Å². The van der Waals surface area contributed by atoms with Gasteiger partial charge in [0.15, 0.2) is 6.39 Å². The Labute approximate surface area is 78.2 Å². The Morgan fingerprint density at radius 2 is 2.36 bits per heavy atom. The maximum absolute atomic E-state index is 4.47. The predicted octanol–water partition coefficient (Wildman–Crippen LogP) is 0.422. The van der Waals surface area contributed by atoms with E-state index in [1.54, 1.807) is 18.7 Å². The van der Waals surface area contributed by atoms with E-state index in [-0.39, 0.29) is 0 Å². The molecule has 0 aliphatic carbocycles. The zero-order valence-electron chi connectivity index (χ0n) is 7.03. The first kappa shape index (κ1) is 8.30. The molecule has 0 spiro atoms. The van der Waals surface area contributed by atoms with Gasteiger partial charge in [-0.15, -0.1) is 10.2 Å². The van der Waals surface area contributed by atoms with Crippen LogP contribution in [0.1, 0.15) is 0 Å². The molecule has 0 atom stereocenters. The third kappa shape index (κ3) is 1.89. The molecule has 0 radical (unpaired) electrons. The Morgan fingerprint density at radius 1 is 1.36 bits per heavy atom. The molecule has 3 heterocycles. The molecule has 14 heavy (non-hydrogen) atoms. The highest BCUT2D eigenvalue weighted by Gasteiger charge is 1.92. The Hall–Kier alpha value is -2.31. The van der Waals surface area contributed by atoms with Crippen molar-refractivity contribution < 1.29 is 4.42 Å². The van der Waals surface area contributed by atoms with Crippen molar-refractivity contribution in [2.45, 2.75) is 0 Å². The number of hydrogen-bond acceptors (Lipinski definition) is 6. The standard InChI is InChI=1S/C4H3N5.C3H3NO/c1-3-4(6-2-5-3)8-9-7-1;1-2-5-3-4-1/h1-2H,(H,5,6,7,8);1-3H. The van der Waals surface area contributed by atoms with E-state index in [1.165, 1.54) is 12.7 Å². The van der Waals surface area contributed by atoms with Crippen molar-refractivity contribution in [3.8, 4) is 0 Å². The summed E-state index contributed by atoms with van der Waals surface area (Å²) in [6.07, 6.45) is 7.61. The Kier molecular flexibility index (Phi) is 2.42. The number of nitrogens with zero attached hydrogens (tertiary/aromatic N) is 5. The lowest BCUT2D eigenvalue weighted by Crippen LogP contribution is -1.84. The lowest BCUT2D eigenvalue weighted by Gasteiger charge is -1.78. The van der Waals surface area contributed by atoms with Gasteiger partial charge in [0.25, 0.3) is 0 Å². The second-order valence-electron chi connectivity index (χ2n) is 2.25. The molecule has 0 saturated heterocycles. The molecule has 0 fully saturated rings. The van der Waals surface area contributed by atoms with E-state index in [4.69, 9.17) is 0 Å². The van der Waals surface area contributed by atoms with Gasteiger partial charge in [-0.1, -0.05) is 0 Å². The van der Waals surface area contributed by atoms with E-state index in [0.29, 0.717) is 5.65 Å². The quantitative estimate of drug-likeness (QED) is 0.552. The van der Waals surface area contributed by atoms with Crippen molar-refractivity contribution in [2.24, 2.45) is 0 Å². The molecule has 0 aromatic carbocycles. The first-order chi connectivity index (χ1) is 6.97. The number of nitrogens with one attached hydrogen (secondary N) is 1. The molecule has 7 nitrogen and oxygen atoms in total. The average Bonchev–Trinajstić information content (AvgIpc) is 2.92. The third-order valence-corrected chi connectivity index (χ3v) is 1.37. The molecule has 1 N–H and O–H groups in total. The molecule has 3 rings (SSSR count). The van der Waals surface area contributed by atoms with Crippen molar-refractivity contribution in [3.63, 3.8) is 0 Å². The van der Waals surface area contributed by atoms with E-state index in [0.717, 1.165) is 5.52 Å².